The minimum absolute atomic E-state index is 0.0674. The highest BCUT2D eigenvalue weighted by molar-refractivity contribution is 6.39. The summed E-state index contributed by atoms with van der Waals surface area (Å²) in [6, 6.07) is 11.6. The molecule has 1 fully saturated rings. The second-order valence-corrected chi connectivity index (χ2v) is 5.48. The molecule has 0 unspecified atom stereocenters. The second-order valence-electron chi connectivity index (χ2n) is 5.48. The summed E-state index contributed by atoms with van der Waals surface area (Å²) in [6.45, 7) is 2.35. The zero-order valence-corrected chi connectivity index (χ0v) is 13.9. The first kappa shape index (κ1) is 17.2. The van der Waals surface area contributed by atoms with Crippen LogP contribution < -0.4 is 15.0 Å². The largest absolute Gasteiger partial charge is 0.508 e. The Hall–Kier alpha value is -3.61. The summed E-state index contributed by atoms with van der Waals surface area (Å²) in [6.07, 6.45) is 1.37. The predicted molar refractivity (Wildman–Crippen MR) is 94.7 cm³/mol. The van der Waals surface area contributed by atoms with Gasteiger partial charge in [-0.05, 0) is 55.0 Å². The number of ether oxygens (including phenoxy) is 1. The molecule has 7 heteroatoms. The van der Waals surface area contributed by atoms with E-state index in [-0.39, 0.29) is 11.3 Å². The molecule has 2 aromatic carbocycles. The average Bonchev–Trinajstić information content (AvgIpc) is 2.62. The maximum absolute atomic E-state index is 12.7. The number of amides is 4. The van der Waals surface area contributed by atoms with Crippen LogP contribution in [-0.2, 0) is 9.59 Å². The van der Waals surface area contributed by atoms with E-state index in [1.807, 2.05) is 6.92 Å². The Morgan fingerprint density at radius 2 is 1.69 bits per heavy atom. The number of phenols is 1. The zero-order chi connectivity index (χ0) is 18.7. The van der Waals surface area contributed by atoms with Crippen LogP contribution in [0.4, 0.5) is 10.5 Å². The summed E-state index contributed by atoms with van der Waals surface area (Å²) in [5.41, 5.74) is 0.687. The standard InChI is InChI=1S/C19H16N2O5/c1-2-26-15-9-5-13(6-10-15)21-18(24)16(17(23)20-19(21)25)11-12-3-7-14(22)8-4-12/h3-11,22H,2H2,1H3,(H,20,23,25). The number of aromatic hydroxyl groups is 1. The molecule has 0 spiro atoms. The van der Waals surface area contributed by atoms with Crippen molar-refractivity contribution in [3.63, 3.8) is 0 Å². The minimum atomic E-state index is -0.813. The molecule has 1 heterocycles. The molecule has 0 saturated carbocycles. The number of hydrogen-bond acceptors (Lipinski definition) is 5. The lowest BCUT2D eigenvalue weighted by Crippen LogP contribution is -2.54. The number of barbiturate groups is 1. The lowest BCUT2D eigenvalue weighted by Gasteiger charge is -2.26. The van der Waals surface area contributed by atoms with Crippen LogP contribution in [0.3, 0.4) is 0 Å². The van der Waals surface area contributed by atoms with E-state index >= 15 is 0 Å². The van der Waals surface area contributed by atoms with Crippen LogP contribution in [0.15, 0.2) is 54.1 Å². The lowest BCUT2D eigenvalue weighted by molar-refractivity contribution is -0.122. The molecular weight excluding hydrogens is 336 g/mol. The molecule has 1 saturated heterocycles. The van der Waals surface area contributed by atoms with Crippen molar-refractivity contribution in [2.45, 2.75) is 6.92 Å². The van der Waals surface area contributed by atoms with Crippen LogP contribution in [0.2, 0.25) is 0 Å². The van der Waals surface area contributed by atoms with Gasteiger partial charge in [-0.2, -0.15) is 0 Å². The summed E-state index contributed by atoms with van der Waals surface area (Å²) >= 11 is 0. The van der Waals surface area contributed by atoms with E-state index in [9.17, 15) is 19.5 Å². The molecule has 2 N–H and O–H groups in total. The van der Waals surface area contributed by atoms with Gasteiger partial charge in [0.25, 0.3) is 11.8 Å². The predicted octanol–water partition coefficient (Wildman–Crippen LogP) is 2.46. The molecule has 0 radical (unpaired) electrons. The van der Waals surface area contributed by atoms with Gasteiger partial charge in [-0.1, -0.05) is 12.1 Å². The molecule has 1 aliphatic heterocycles. The van der Waals surface area contributed by atoms with Crippen molar-refractivity contribution < 1.29 is 24.2 Å². The topological polar surface area (TPSA) is 95.9 Å². The smallest absolute Gasteiger partial charge is 0.335 e. The molecule has 2 aromatic rings. The number of nitrogens with zero attached hydrogens (tertiary/aromatic N) is 1. The number of carbonyl (C=O) groups excluding carboxylic acids is 3. The Kier molecular flexibility index (Phi) is 4.70. The first-order valence-electron chi connectivity index (χ1n) is 7.93. The van der Waals surface area contributed by atoms with Gasteiger partial charge in [-0.25, -0.2) is 9.69 Å². The van der Waals surface area contributed by atoms with Crippen LogP contribution in [0.1, 0.15) is 12.5 Å². The number of hydrogen-bond donors (Lipinski definition) is 2. The number of anilines is 1. The highest BCUT2D eigenvalue weighted by Crippen LogP contribution is 2.24. The van der Waals surface area contributed by atoms with Crippen molar-refractivity contribution in [1.29, 1.82) is 0 Å². The Balaban J connectivity index is 1.93. The number of carbonyl (C=O) groups is 3. The van der Waals surface area contributed by atoms with Crippen molar-refractivity contribution in [1.82, 2.24) is 5.32 Å². The van der Waals surface area contributed by atoms with Crippen LogP contribution in [0.5, 0.6) is 11.5 Å². The molecule has 26 heavy (non-hydrogen) atoms. The molecule has 0 atom stereocenters. The van der Waals surface area contributed by atoms with Crippen LogP contribution in [0.25, 0.3) is 6.08 Å². The monoisotopic (exact) mass is 352 g/mol. The van der Waals surface area contributed by atoms with E-state index in [1.54, 1.807) is 36.4 Å². The number of urea groups is 1. The molecular formula is C19H16N2O5. The Morgan fingerprint density at radius 3 is 2.31 bits per heavy atom. The van der Waals surface area contributed by atoms with E-state index in [2.05, 4.69) is 5.32 Å². The van der Waals surface area contributed by atoms with Gasteiger partial charge in [-0.15, -0.1) is 0 Å². The SMILES string of the molecule is CCOc1ccc(N2C(=O)NC(=O)C(=Cc3ccc(O)cc3)C2=O)cc1. The zero-order valence-electron chi connectivity index (χ0n) is 13.9. The van der Waals surface area contributed by atoms with Crippen LogP contribution in [0, 0.1) is 0 Å². The van der Waals surface area contributed by atoms with Crippen molar-refractivity contribution >= 4 is 29.6 Å². The van der Waals surface area contributed by atoms with Crippen molar-refractivity contribution in [2.75, 3.05) is 11.5 Å². The van der Waals surface area contributed by atoms with Crippen LogP contribution in [-0.4, -0.2) is 29.6 Å². The van der Waals surface area contributed by atoms with Gasteiger partial charge in [0.2, 0.25) is 0 Å². The van der Waals surface area contributed by atoms with Crippen LogP contribution >= 0.6 is 0 Å². The summed E-state index contributed by atoms with van der Waals surface area (Å²) in [5, 5.41) is 11.5. The molecule has 132 valence electrons. The normalized spacial score (nSPS) is 16.0. The third-order valence-electron chi connectivity index (χ3n) is 3.71. The summed E-state index contributed by atoms with van der Waals surface area (Å²) in [4.78, 5) is 37.9. The third-order valence-corrected chi connectivity index (χ3v) is 3.71. The van der Waals surface area contributed by atoms with Crippen molar-refractivity contribution in [2.24, 2.45) is 0 Å². The summed E-state index contributed by atoms with van der Waals surface area (Å²) in [5.74, 6) is -0.818. The van der Waals surface area contributed by atoms with Gasteiger partial charge in [0.15, 0.2) is 0 Å². The molecule has 4 amide bonds. The first-order valence-corrected chi connectivity index (χ1v) is 7.93. The fraction of sp³-hybridized carbons (Fsp3) is 0.105. The number of rotatable bonds is 4. The Labute approximate surface area is 149 Å². The van der Waals surface area contributed by atoms with E-state index in [0.717, 1.165) is 4.90 Å². The third kappa shape index (κ3) is 3.41. The van der Waals surface area contributed by atoms with E-state index in [1.165, 1.54) is 18.2 Å². The number of nitrogens with one attached hydrogen (secondary N) is 1. The molecule has 0 bridgehead atoms. The highest BCUT2D eigenvalue weighted by atomic mass is 16.5. The molecule has 1 aliphatic rings. The van der Waals surface area contributed by atoms with Gasteiger partial charge in [0.1, 0.15) is 17.1 Å². The van der Waals surface area contributed by atoms with Gasteiger partial charge in [0.05, 0.1) is 12.3 Å². The fourth-order valence-corrected chi connectivity index (χ4v) is 2.49. The minimum Gasteiger partial charge on any atom is -0.508 e. The second kappa shape index (κ2) is 7.10. The fourth-order valence-electron chi connectivity index (χ4n) is 2.49. The molecule has 7 nitrogen and oxygen atoms in total. The van der Waals surface area contributed by atoms with E-state index in [0.29, 0.717) is 23.6 Å². The van der Waals surface area contributed by atoms with Gasteiger partial charge < -0.3 is 9.84 Å². The summed E-state index contributed by atoms with van der Waals surface area (Å²) in [7, 11) is 0. The quantitative estimate of drug-likeness (QED) is 0.651. The molecule has 3 rings (SSSR count). The van der Waals surface area contributed by atoms with E-state index < -0.39 is 17.8 Å². The lowest BCUT2D eigenvalue weighted by atomic mass is 10.1. The maximum atomic E-state index is 12.7. The average molecular weight is 352 g/mol. The summed E-state index contributed by atoms with van der Waals surface area (Å²) < 4.78 is 5.34. The van der Waals surface area contributed by atoms with Gasteiger partial charge in [0, 0.05) is 0 Å². The number of imide groups is 2. The number of phenolic OH excluding ortho intramolecular Hbond substituents is 1. The first-order chi connectivity index (χ1) is 12.5. The van der Waals surface area contributed by atoms with Gasteiger partial charge in [-0.3, -0.25) is 14.9 Å². The molecule has 0 aromatic heterocycles. The molecule has 0 aliphatic carbocycles. The highest BCUT2D eigenvalue weighted by Gasteiger charge is 2.36. The van der Waals surface area contributed by atoms with Gasteiger partial charge >= 0.3 is 6.03 Å². The van der Waals surface area contributed by atoms with Crippen molar-refractivity contribution in [3.8, 4) is 11.5 Å². The Morgan fingerprint density at radius 1 is 1.04 bits per heavy atom. The Bertz CT molecular complexity index is 885. The maximum Gasteiger partial charge on any atom is 0.335 e. The number of benzene rings is 2. The van der Waals surface area contributed by atoms with Crippen molar-refractivity contribution in [3.05, 3.63) is 59.7 Å². The van der Waals surface area contributed by atoms with E-state index in [4.69, 9.17) is 4.74 Å².